The van der Waals surface area contributed by atoms with Crippen molar-refractivity contribution in [1.82, 2.24) is 15.3 Å². The fraction of sp³-hybridized carbons (Fsp3) is 0.312. The van der Waals surface area contributed by atoms with E-state index in [1.807, 2.05) is 30.3 Å². The molecule has 2 aromatic rings. The molecule has 0 amide bonds. The third kappa shape index (κ3) is 5.91. The normalized spacial score (nSPS) is 13.7. The average Bonchev–Trinajstić information content (AvgIpc) is 2.62. The first-order chi connectivity index (χ1) is 11.3. The number of nitrogens with zero attached hydrogens (tertiary/aromatic N) is 2. The number of hydrogen-bond acceptors (Lipinski definition) is 6. The summed E-state index contributed by atoms with van der Waals surface area (Å²) in [7, 11) is 0. The number of piperazine rings is 1. The van der Waals surface area contributed by atoms with Gasteiger partial charge in [0, 0.05) is 32.2 Å². The van der Waals surface area contributed by atoms with Crippen molar-refractivity contribution in [3.63, 3.8) is 0 Å². The predicted molar refractivity (Wildman–Crippen MR) is 87.2 cm³/mol. The number of H-pyrrole nitrogens is 1. The lowest BCUT2D eigenvalue weighted by Crippen LogP contribution is -2.44. The standard InChI is InChI=1S/C8H12N4O.C8H8O2/c13-8-5-7(10-6-11-8)12-3-1-9-2-4-12;9-7-10-6-8-4-2-1-3-5-8/h5-6,9H,1-4H2,(H,10,11,13);1-5,7H,6H2. The van der Waals surface area contributed by atoms with Gasteiger partial charge in [-0.1, -0.05) is 30.3 Å². The molecule has 122 valence electrons. The number of ether oxygens (including phenoxy) is 1. The molecule has 0 atom stereocenters. The van der Waals surface area contributed by atoms with Crippen LogP contribution >= 0.6 is 0 Å². The Kier molecular flexibility index (Phi) is 6.80. The van der Waals surface area contributed by atoms with Crippen LogP contribution in [-0.2, 0) is 16.1 Å². The van der Waals surface area contributed by atoms with Crippen LogP contribution in [0.5, 0.6) is 0 Å². The quantitative estimate of drug-likeness (QED) is 0.801. The smallest absolute Gasteiger partial charge is 0.293 e. The Hall–Kier alpha value is -2.67. The SMILES string of the molecule is O=COCc1ccccc1.O=c1cc(N2CCNCC2)nc[nH]1. The monoisotopic (exact) mass is 316 g/mol. The molecular formula is C16H20N4O3. The molecule has 7 nitrogen and oxygen atoms in total. The summed E-state index contributed by atoms with van der Waals surface area (Å²) < 4.78 is 4.54. The summed E-state index contributed by atoms with van der Waals surface area (Å²) in [6.45, 7) is 4.55. The maximum absolute atomic E-state index is 11.0. The molecule has 7 heteroatoms. The Morgan fingerprint density at radius 1 is 1.22 bits per heavy atom. The zero-order chi connectivity index (χ0) is 16.3. The third-order valence-electron chi connectivity index (χ3n) is 3.27. The van der Waals surface area contributed by atoms with Crippen molar-refractivity contribution in [2.24, 2.45) is 0 Å². The maximum atomic E-state index is 11.0. The summed E-state index contributed by atoms with van der Waals surface area (Å²) in [5.41, 5.74) is 0.915. The summed E-state index contributed by atoms with van der Waals surface area (Å²) in [5, 5.41) is 3.24. The number of carbonyl (C=O) groups is 1. The Labute approximate surface area is 134 Å². The van der Waals surface area contributed by atoms with Gasteiger partial charge in [-0.3, -0.25) is 9.59 Å². The zero-order valence-corrected chi connectivity index (χ0v) is 12.8. The number of hydrogen-bond donors (Lipinski definition) is 2. The zero-order valence-electron chi connectivity index (χ0n) is 12.8. The van der Waals surface area contributed by atoms with Crippen LogP contribution in [0.3, 0.4) is 0 Å². The van der Waals surface area contributed by atoms with Crippen LogP contribution in [0.4, 0.5) is 5.82 Å². The van der Waals surface area contributed by atoms with Crippen molar-refractivity contribution in [1.29, 1.82) is 0 Å². The largest absolute Gasteiger partial charge is 0.463 e. The van der Waals surface area contributed by atoms with Crippen molar-refractivity contribution in [2.75, 3.05) is 31.1 Å². The molecule has 0 saturated carbocycles. The van der Waals surface area contributed by atoms with Crippen LogP contribution in [0, 0.1) is 0 Å². The van der Waals surface area contributed by atoms with Crippen LogP contribution in [0.15, 0.2) is 47.5 Å². The van der Waals surface area contributed by atoms with Crippen molar-refractivity contribution in [3.8, 4) is 0 Å². The van der Waals surface area contributed by atoms with Gasteiger partial charge in [-0.15, -0.1) is 0 Å². The first-order valence-corrected chi connectivity index (χ1v) is 7.39. The molecule has 0 unspecified atom stereocenters. The number of rotatable bonds is 4. The highest BCUT2D eigenvalue weighted by molar-refractivity contribution is 5.37. The molecule has 1 saturated heterocycles. The second kappa shape index (κ2) is 9.37. The van der Waals surface area contributed by atoms with Gasteiger partial charge < -0.3 is 19.9 Å². The molecule has 2 heterocycles. The van der Waals surface area contributed by atoms with Crippen LogP contribution < -0.4 is 15.8 Å². The van der Waals surface area contributed by atoms with E-state index in [1.165, 1.54) is 12.4 Å². The number of benzene rings is 1. The summed E-state index contributed by atoms with van der Waals surface area (Å²) in [6.07, 6.45) is 1.44. The first-order valence-electron chi connectivity index (χ1n) is 7.39. The van der Waals surface area contributed by atoms with E-state index in [1.54, 1.807) is 0 Å². The molecule has 0 radical (unpaired) electrons. The average molecular weight is 316 g/mol. The minimum atomic E-state index is -0.0940. The van der Waals surface area contributed by atoms with Gasteiger partial charge in [0.2, 0.25) is 0 Å². The van der Waals surface area contributed by atoms with Crippen molar-refractivity contribution in [2.45, 2.75) is 6.61 Å². The molecular weight excluding hydrogens is 296 g/mol. The van der Waals surface area contributed by atoms with Gasteiger partial charge in [0.1, 0.15) is 12.4 Å². The van der Waals surface area contributed by atoms with E-state index < -0.39 is 0 Å². The van der Waals surface area contributed by atoms with Gasteiger partial charge in [0.15, 0.2) is 0 Å². The molecule has 1 aromatic heterocycles. The molecule has 23 heavy (non-hydrogen) atoms. The fourth-order valence-electron chi connectivity index (χ4n) is 2.13. The highest BCUT2D eigenvalue weighted by Gasteiger charge is 2.10. The third-order valence-corrected chi connectivity index (χ3v) is 3.27. The Morgan fingerprint density at radius 2 is 1.96 bits per heavy atom. The Morgan fingerprint density at radius 3 is 2.61 bits per heavy atom. The molecule has 1 aliphatic rings. The van der Waals surface area contributed by atoms with E-state index in [4.69, 9.17) is 0 Å². The lowest BCUT2D eigenvalue weighted by atomic mass is 10.2. The highest BCUT2D eigenvalue weighted by atomic mass is 16.5. The van der Waals surface area contributed by atoms with Gasteiger partial charge in [0.25, 0.3) is 12.0 Å². The van der Waals surface area contributed by atoms with E-state index in [0.29, 0.717) is 13.1 Å². The van der Waals surface area contributed by atoms with Gasteiger partial charge in [0.05, 0.1) is 6.33 Å². The second-order valence-electron chi connectivity index (χ2n) is 4.90. The van der Waals surface area contributed by atoms with Crippen molar-refractivity contribution in [3.05, 3.63) is 58.6 Å². The topological polar surface area (TPSA) is 87.3 Å². The highest BCUT2D eigenvalue weighted by Crippen LogP contribution is 2.06. The number of nitrogens with one attached hydrogen (secondary N) is 2. The van der Waals surface area contributed by atoms with E-state index in [2.05, 4.69) is 24.9 Å². The van der Waals surface area contributed by atoms with E-state index in [-0.39, 0.29) is 5.56 Å². The lowest BCUT2D eigenvalue weighted by Gasteiger charge is -2.27. The number of aromatic amines is 1. The molecule has 1 fully saturated rings. The maximum Gasteiger partial charge on any atom is 0.293 e. The molecule has 1 aromatic carbocycles. The van der Waals surface area contributed by atoms with Gasteiger partial charge in [-0.2, -0.15) is 0 Å². The molecule has 0 spiro atoms. The predicted octanol–water partition coefficient (Wildman–Crippen LogP) is 0.539. The molecule has 2 N–H and O–H groups in total. The van der Waals surface area contributed by atoms with Gasteiger partial charge >= 0.3 is 0 Å². The molecule has 1 aliphatic heterocycles. The van der Waals surface area contributed by atoms with Crippen molar-refractivity contribution >= 4 is 12.3 Å². The molecule has 0 aliphatic carbocycles. The number of anilines is 1. The fourth-order valence-corrected chi connectivity index (χ4v) is 2.13. The first kappa shape index (κ1) is 16.7. The van der Waals surface area contributed by atoms with Crippen LogP contribution in [0.2, 0.25) is 0 Å². The summed E-state index contributed by atoms with van der Waals surface area (Å²) in [6, 6.07) is 11.1. The molecule has 3 rings (SSSR count). The summed E-state index contributed by atoms with van der Waals surface area (Å²) >= 11 is 0. The minimum Gasteiger partial charge on any atom is -0.463 e. The summed E-state index contributed by atoms with van der Waals surface area (Å²) in [5.74, 6) is 0.769. The van der Waals surface area contributed by atoms with Crippen LogP contribution in [-0.4, -0.2) is 42.6 Å². The Bertz CT molecular complexity index is 639. The van der Waals surface area contributed by atoms with Crippen molar-refractivity contribution < 1.29 is 9.53 Å². The van der Waals surface area contributed by atoms with E-state index in [0.717, 1.165) is 37.6 Å². The van der Waals surface area contributed by atoms with E-state index >= 15 is 0 Å². The second-order valence-corrected chi connectivity index (χ2v) is 4.90. The Balaban J connectivity index is 0.000000174. The molecule has 0 bridgehead atoms. The van der Waals surface area contributed by atoms with Gasteiger partial charge in [-0.25, -0.2) is 4.98 Å². The number of carbonyl (C=O) groups excluding carboxylic acids is 1. The minimum absolute atomic E-state index is 0.0940. The van der Waals surface area contributed by atoms with Crippen LogP contribution in [0.1, 0.15) is 5.56 Å². The van der Waals surface area contributed by atoms with Crippen LogP contribution in [0.25, 0.3) is 0 Å². The van der Waals surface area contributed by atoms with Gasteiger partial charge in [-0.05, 0) is 5.56 Å². The lowest BCUT2D eigenvalue weighted by molar-refractivity contribution is -0.129. The summed E-state index contributed by atoms with van der Waals surface area (Å²) in [4.78, 5) is 29.5. The number of aromatic nitrogens is 2. The van der Waals surface area contributed by atoms with E-state index in [9.17, 15) is 9.59 Å².